The van der Waals surface area contributed by atoms with Crippen LogP contribution in [-0.4, -0.2) is 55.7 Å². The van der Waals surface area contributed by atoms with E-state index in [0.29, 0.717) is 22.1 Å². The van der Waals surface area contributed by atoms with Crippen molar-refractivity contribution in [2.75, 3.05) is 38.2 Å². The number of nitrogens with one attached hydrogen (secondary N) is 2. The molecule has 3 rings (SSSR count). The number of benzene rings is 1. The van der Waals surface area contributed by atoms with Gasteiger partial charge in [-0.25, -0.2) is 0 Å². The fraction of sp³-hybridized carbons (Fsp3) is 0.588. The molecule has 2 N–H and O–H groups in total. The highest BCUT2D eigenvalue weighted by molar-refractivity contribution is 6.42. The standard InChI is InChI=1S/C17H23Cl2N3O2/c18-15-2-1-13(9-16(15)19)20-10-17(23)22-6-3-14(11-22)21-12-4-7-24-8-5-12/h1-2,9,12,14,20-21H,3-8,10-11H2/t14-/m1/s1. The van der Waals surface area contributed by atoms with Crippen molar-refractivity contribution in [3.8, 4) is 0 Å². The number of rotatable bonds is 5. The second-order valence-corrected chi connectivity index (χ2v) is 7.18. The average Bonchev–Trinajstić information content (AvgIpc) is 3.05. The zero-order chi connectivity index (χ0) is 16.9. The Bertz CT molecular complexity index is 579. The van der Waals surface area contributed by atoms with E-state index in [0.717, 1.165) is 51.3 Å². The summed E-state index contributed by atoms with van der Waals surface area (Å²) in [7, 11) is 0. The lowest BCUT2D eigenvalue weighted by atomic mass is 10.1. The first-order chi connectivity index (χ1) is 11.6. The molecule has 0 spiro atoms. The van der Waals surface area contributed by atoms with Crippen molar-refractivity contribution in [3.63, 3.8) is 0 Å². The zero-order valence-corrected chi connectivity index (χ0v) is 15.1. The number of likely N-dealkylation sites (tertiary alicyclic amines) is 1. The summed E-state index contributed by atoms with van der Waals surface area (Å²) < 4.78 is 5.38. The number of anilines is 1. The molecule has 0 bridgehead atoms. The summed E-state index contributed by atoms with van der Waals surface area (Å²) in [6, 6.07) is 6.19. The molecule has 1 aromatic carbocycles. The maximum Gasteiger partial charge on any atom is 0.241 e. The highest BCUT2D eigenvalue weighted by Gasteiger charge is 2.28. The minimum Gasteiger partial charge on any atom is -0.381 e. The van der Waals surface area contributed by atoms with Crippen LogP contribution in [0.4, 0.5) is 5.69 Å². The van der Waals surface area contributed by atoms with Crippen molar-refractivity contribution in [1.29, 1.82) is 0 Å². The third-order valence-corrected chi connectivity index (χ3v) is 5.34. The van der Waals surface area contributed by atoms with Gasteiger partial charge in [-0.2, -0.15) is 0 Å². The number of carbonyl (C=O) groups excluding carboxylic acids is 1. The molecule has 5 nitrogen and oxygen atoms in total. The molecule has 2 saturated heterocycles. The predicted octanol–water partition coefficient (Wildman–Crippen LogP) is 2.77. The summed E-state index contributed by atoms with van der Waals surface area (Å²) >= 11 is 11.9. The van der Waals surface area contributed by atoms with Crippen LogP contribution >= 0.6 is 23.2 Å². The molecule has 7 heteroatoms. The first-order valence-corrected chi connectivity index (χ1v) is 9.18. The Morgan fingerprint density at radius 2 is 1.96 bits per heavy atom. The Morgan fingerprint density at radius 3 is 2.71 bits per heavy atom. The molecule has 2 fully saturated rings. The Morgan fingerprint density at radius 1 is 1.17 bits per heavy atom. The molecule has 2 heterocycles. The SMILES string of the molecule is O=C(CNc1ccc(Cl)c(Cl)c1)N1CC[C@@H](NC2CCOCC2)C1. The van der Waals surface area contributed by atoms with Crippen LogP contribution in [0.15, 0.2) is 18.2 Å². The highest BCUT2D eigenvalue weighted by atomic mass is 35.5. The lowest BCUT2D eigenvalue weighted by Gasteiger charge is -2.26. The van der Waals surface area contributed by atoms with Gasteiger partial charge >= 0.3 is 0 Å². The third-order valence-electron chi connectivity index (χ3n) is 4.60. The third kappa shape index (κ3) is 4.76. The van der Waals surface area contributed by atoms with Gasteiger partial charge in [0.2, 0.25) is 5.91 Å². The minimum atomic E-state index is 0.109. The number of halogens is 2. The molecule has 1 atom stereocenters. The van der Waals surface area contributed by atoms with Crippen molar-refractivity contribution in [2.45, 2.75) is 31.3 Å². The number of nitrogens with zero attached hydrogens (tertiary/aromatic N) is 1. The van der Waals surface area contributed by atoms with E-state index in [4.69, 9.17) is 27.9 Å². The van der Waals surface area contributed by atoms with Gasteiger partial charge in [0.1, 0.15) is 0 Å². The van der Waals surface area contributed by atoms with Crippen LogP contribution in [0, 0.1) is 0 Å². The Balaban J connectivity index is 1.43. The van der Waals surface area contributed by atoms with Gasteiger partial charge in [-0.1, -0.05) is 23.2 Å². The largest absolute Gasteiger partial charge is 0.381 e. The number of carbonyl (C=O) groups is 1. The van der Waals surface area contributed by atoms with Gasteiger partial charge < -0.3 is 20.3 Å². The number of amides is 1. The minimum absolute atomic E-state index is 0.109. The Kier molecular flexibility index (Phi) is 6.22. The topological polar surface area (TPSA) is 53.6 Å². The molecule has 0 unspecified atom stereocenters. The van der Waals surface area contributed by atoms with Crippen LogP contribution in [0.3, 0.4) is 0 Å². The summed E-state index contributed by atoms with van der Waals surface area (Å²) in [5.74, 6) is 0.109. The molecule has 0 aromatic heterocycles. The zero-order valence-electron chi connectivity index (χ0n) is 13.6. The molecule has 132 valence electrons. The second kappa shape index (κ2) is 8.39. The van der Waals surface area contributed by atoms with Crippen molar-refractivity contribution in [2.24, 2.45) is 0 Å². The van der Waals surface area contributed by atoms with Crippen LogP contribution in [0.2, 0.25) is 10.0 Å². The van der Waals surface area contributed by atoms with Crippen LogP contribution in [0.5, 0.6) is 0 Å². The molecular formula is C17H23Cl2N3O2. The number of hydrogen-bond acceptors (Lipinski definition) is 4. The van der Waals surface area contributed by atoms with E-state index >= 15 is 0 Å². The summed E-state index contributed by atoms with van der Waals surface area (Å²) in [6.45, 7) is 3.52. The monoisotopic (exact) mass is 371 g/mol. The predicted molar refractivity (Wildman–Crippen MR) is 96.9 cm³/mol. The van der Waals surface area contributed by atoms with Crippen molar-refractivity contribution in [3.05, 3.63) is 28.2 Å². The number of ether oxygens (including phenoxy) is 1. The molecule has 0 aliphatic carbocycles. The second-order valence-electron chi connectivity index (χ2n) is 6.36. The quantitative estimate of drug-likeness (QED) is 0.835. The van der Waals surface area contributed by atoms with Crippen molar-refractivity contribution in [1.82, 2.24) is 10.2 Å². The molecule has 1 amide bonds. The first-order valence-electron chi connectivity index (χ1n) is 8.42. The van der Waals surface area contributed by atoms with Crippen LogP contribution < -0.4 is 10.6 Å². The lowest BCUT2D eigenvalue weighted by molar-refractivity contribution is -0.128. The molecule has 24 heavy (non-hydrogen) atoms. The van der Waals surface area contributed by atoms with Gasteiger partial charge in [-0.3, -0.25) is 4.79 Å². The maximum absolute atomic E-state index is 12.4. The molecule has 0 radical (unpaired) electrons. The van der Waals surface area contributed by atoms with Gasteiger partial charge in [-0.15, -0.1) is 0 Å². The van der Waals surface area contributed by atoms with Crippen molar-refractivity contribution >= 4 is 34.8 Å². The molecular weight excluding hydrogens is 349 g/mol. The molecule has 0 saturated carbocycles. The van der Waals surface area contributed by atoms with E-state index in [1.54, 1.807) is 12.1 Å². The molecule has 2 aliphatic rings. The summed E-state index contributed by atoms with van der Waals surface area (Å²) in [5.41, 5.74) is 0.800. The highest BCUT2D eigenvalue weighted by Crippen LogP contribution is 2.25. The van der Waals surface area contributed by atoms with Crippen LogP contribution in [-0.2, 0) is 9.53 Å². The van der Waals surface area contributed by atoms with Crippen molar-refractivity contribution < 1.29 is 9.53 Å². The smallest absolute Gasteiger partial charge is 0.241 e. The van der Waals surface area contributed by atoms with E-state index in [1.165, 1.54) is 0 Å². The Labute approximate surface area is 152 Å². The number of hydrogen-bond donors (Lipinski definition) is 2. The van der Waals surface area contributed by atoms with E-state index in [9.17, 15) is 4.79 Å². The van der Waals surface area contributed by atoms with Gasteiger partial charge in [0.25, 0.3) is 0 Å². The van der Waals surface area contributed by atoms with E-state index < -0.39 is 0 Å². The fourth-order valence-electron chi connectivity index (χ4n) is 3.22. The van der Waals surface area contributed by atoms with Crippen LogP contribution in [0.25, 0.3) is 0 Å². The van der Waals surface area contributed by atoms with E-state index in [-0.39, 0.29) is 12.5 Å². The first kappa shape index (κ1) is 17.8. The summed E-state index contributed by atoms with van der Waals surface area (Å²) in [5, 5.41) is 7.77. The van der Waals surface area contributed by atoms with E-state index in [1.807, 2.05) is 11.0 Å². The van der Waals surface area contributed by atoms with Gasteiger partial charge in [0.15, 0.2) is 0 Å². The lowest BCUT2D eigenvalue weighted by Crippen LogP contribution is -2.44. The normalized spacial score (nSPS) is 21.9. The Hall–Kier alpha value is -1.01. The van der Waals surface area contributed by atoms with Crippen LogP contribution in [0.1, 0.15) is 19.3 Å². The van der Waals surface area contributed by atoms with Gasteiger partial charge in [0, 0.05) is 44.1 Å². The summed E-state index contributed by atoms with van der Waals surface area (Å²) in [4.78, 5) is 14.3. The molecule has 2 aliphatic heterocycles. The summed E-state index contributed by atoms with van der Waals surface area (Å²) in [6.07, 6.45) is 3.13. The van der Waals surface area contributed by atoms with Gasteiger partial charge in [-0.05, 0) is 37.5 Å². The average molecular weight is 372 g/mol. The van der Waals surface area contributed by atoms with E-state index in [2.05, 4.69) is 10.6 Å². The maximum atomic E-state index is 12.4. The molecule has 1 aromatic rings. The fourth-order valence-corrected chi connectivity index (χ4v) is 3.51. The van der Waals surface area contributed by atoms with Gasteiger partial charge in [0.05, 0.1) is 16.6 Å².